The Morgan fingerprint density at radius 2 is 2.27 bits per heavy atom. The number of hydrogen-bond donors (Lipinski definition) is 1. The van der Waals surface area contributed by atoms with E-state index in [9.17, 15) is 0 Å². The van der Waals surface area contributed by atoms with Crippen molar-refractivity contribution < 1.29 is 0 Å². The van der Waals surface area contributed by atoms with Gasteiger partial charge >= 0.3 is 0 Å². The fraction of sp³-hybridized carbons (Fsp3) is 0.583. The highest BCUT2D eigenvalue weighted by atomic mass is 15.1. The fourth-order valence-electron chi connectivity index (χ4n) is 2.20. The zero-order chi connectivity index (χ0) is 10.8. The summed E-state index contributed by atoms with van der Waals surface area (Å²) in [7, 11) is 2.14. The Morgan fingerprint density at radius 3 is 2.87 bits per heavy atom. The average Bonchev–Trinajstić information content (AvgIpc) is 2.15. The molecule has 0 unspecified atom stereocenters. The largest absolute Gasteiger partial charge is 0.374 e. The summed E-state index contributed by atoms with van der Waals surface area (Å²) < 4.78 is 0. The van der Waals surface area contributed by atoms with Crippen LogP contribution in [-0.4, -0.2) is 24.6 Å². The predicted octanol–water partition coefficient (Wildman–Crippen LogP) is 1.56. The van der Waals surface area contributed by atoms with Gasteiger partial charge in [-0.1, -0.05) is 0 Å². The molecule has 1 aromatic rings. The van der Waals surface area contributed by atoms with Crippen LogP contribution < -0.4 is 10.6 Å². The van der Waals surface area contributed by atoms with E-state index in [2.05, 4.69) is 29.1 Å². The Bertz CT molecular complexity index is 331. The lowest BCUT2D eigenvalue weighted by Gasteiger charge is -2.36. The number of anilines is 1. The molecule has 3 nitrogen and oxygen atoms in total. The number of nitrogens with two attached hydrogens (primary N) is 1. The van der Waals surface area contributed by atoms with Crippen LogP contribution in [0.1, 0.15) is 18.5 Å². The van der Waals surface area contributed by atoms with Crippen molar-refractivity contribution in [2.75, 3.05) is 18.5 Å². The van der Waals surface area contributed by atoms with Gasteiger partial charge in [-0.05, 0) is 37.8 Å². The second-order valence-electron chi connectivity index (χ2n) is 4.63. The van der Waals surface area contributed by atoms with E-state index < -0.39 is 0 Å². The maximum absolute atomic E-state index is 5.78. The summed E-state index contributed by atoms with van der Waals surface area (Å²) in [6.07, 6.45) is 4.22. The molecule has 1 aliphatic rings. The van der Waals surface area contributed by atoms with Crippen LogP contribution in [0.25, 0.3) is 0 Å². The second-order valence-corrected chi connectivity index (χ2v) is 4.63. The topological polar surface area (TPSA) is 42.1 Å². The van der Waals surface area contributed by atoms with Crippen molar-refractivity contribution in [3.8, 4) is 0 Å². The van der Waals surface area contributed by atoms with Crippen LogP contribution in [0.4, 0.5) is 5.69 Å². The third-order valence-electron chi connectivity index (χ3n) is 3.13. The van der Waals surface area contributed by atoms with Crippen LogP contribution in [0.2, 0.25) is 0 Å². The number of aromatic nitrogens is 1. The molecule has 0 atom stereocenters. The van der Waals surface area contributed by atoms with Gasteiger partial charge < -0.3 is 10.6 Å². The van der Waals surface area contributed by atoms with E-state index in [0.29, 0.717) is 6.04 Å². The molecule has 0 spiro atoms. The highest BCUT2D eigenvalue weighted by Gasteiger charge is 2.26. The molecule has 0 amide bonds. The smallest absolute Gasteiger partial charge is 0.0397 e. The molecule has 15 heavy (non-hydrogen) atoms. The predicted molar refractivity (Wildman–Crippen MR) is 62.9 cm³/mol. The van der Waals surface area contributed by atoms with Crippen molar-refractivity contribution in [2.24, 2.45) is 11.7 Å². The Kier molecular flexibility index (Phi) is 2.91. The minimum atomic E-state index is 0.447. The van der Waals surface area contributed by atoms with Crippen molar-refractivity contribution in [3.05, 3.63) is 24.0 Å². The van der Waals surface area contributed by atoms with E-state index >= 15 is 0 Å². The van der Waals surface area contributed by atoms with Gasteiger partial charge in [0.05, 0.1) is 0 Å². The zero-order valence-electron chi connectivity index (χ0n) is 9.48. The molecule has 3 heteroatoms. The standard InChI is InChI=1S/C12H19N3/c1-9-5-12(3-4-14-9)15(2)8-10-6-11(13)7-10/h3-5,10-11H,6-8,13H2,1-2H3. The van der Waals surface area contributed by atoms with Crippen molar-refractivity contribution >= 4 is 5.69 Å². The summed E-state index contributed by atoms with van der Waals surface area (Å²) in [6.45, 7) is 3.13. The Labute approximate surface area is 91.3 Å². The Balaban J connectivity index is 1.93. The van der Waals surface area contributed by atoms with Gasteiger partial charge in [-0.2, -0.15) is 0 Å². The van der Waals surface area contributed by atoms with E-state index in [1.54, 1.807) is 0 Å². The minimum Gasteiger partial charge on any atom is -0.374 e. The number of pyridine rings is 1. The first-order valence-electron chi connectivity index (χ1n) is 5.54. The van der Waals surface area contributed by atoms with Crippen LogP contribution in [0.3, 0.4) is 0 Å². The highest BCUT2D eigenvalue weighted by molar-refractivity contribution is 5.45. The van der Waals surface area contributed by atoms with E-state index in [0.717, 1.165) is 18.2 Å². The fourth-order valence-corrected chi connectivity index (χ4v) is 2.20. The number of aryl methyl sites for hydroxylation is 1. The second kappa shape index (κ2) is 4.19. The lowest BCUT2D eigenvalue weighted by atomic mass is 9.80. The first-order chi connectivity index (χ1) is 7.15. The van der Waals surface area contributed by atoms with Gasteiger partial charge in [-0.25, -0.2) is 0 Å². The Morgan fingerprint density at radius 1 is 1.53 bits per heavy atom. The van der Waals surface area contributed by atoms with Crippen LogP contribution in [0, 0.1) is 12.8 Å². The van der Waals surface area contributed by atoms with Gasteiger partial charge in [-0.15, -0.1) is 0 Å². The van der Waals surface area contributed by atoms with E-state index in [1.165, 1.54) is 18.5 Å². The quantitative estimate of drug-likeness (QED) is 0.814. The van der Waals surface area contributed by atoms with Crippen LogP contribution in [-0.2, 0) is 0 Å². The minimum absolute atomic E-state index is 0.447. The highest BCUT2D eigenvalue weighted by Crippen LogP contribution is 2.27. The van der Waals surface area contributed by atoms with Crippen molar-refractivity contribution in [1.29, 1.82) is 0 Å². The van der Waals surface area contributed by atoms with Crippen LogP contribution in [0.5, 0.6) is 0 Å². The molecule has 2 N–H and O–H groups in total. The summed E-state index contributed by atoms with van der Waals surface area (Å²) in [5, 5.41) is 0. The molecule has 1 saturated carbocycles. The molecule has 0 aliphatic heterocycles. The summed E-state index contributed by atoms with van der Waals surface area (Å²) >= 11 is 0. The SMILES string of the molecule is Cc1cc(N(C)CC2CC(N)C2)ccn1. The number of hydrogen-bond acceptors (Lipinski definition) is 3. The lowest BCUT2D eigenvalue weighted by molar-refractivity contribution is 0.271. The summed E-state index contributed by atoms with van der Waals surface area (Å²) in [6, 6.07) is 4.63. The molecule has 1 fully saturated rings. The van der Waals surface area contributed by atoms with Gasteiger partial charge in [-0.3, -0.25) is 4.98 Å². The maximum Gasteiger partial charge on any atom is 0.0397 e. The van der Waals surface area contributed by atoms with Gasteiger partial charge in [0.15, 0.2) is 0 Å². The van der Waals surface area contributed by atoms with Gasteiger partial charge in [0.1, 0.15) is 0 Å². The normalized spacial score (nSPS) is 24.7. The molecule has 0 aromatic carbocycles. The summed E-state index contributed by atoms with van der Waals surface area (Å²) in [5.41, 5.74) is 8.11. The molecule has 1 heterocycles. The summed E-state index contributed by atoms with van der Waals surface area (Å²) in [4.78, 5) is 6.50. The first-order valence-corrected chi connectivity index (χ1v) is 5.54. The van der Waals surface area contributed by atoms with Crippen LogP contribution >= 0.6 is 0 Å². The molecule has 2 rings (SSSR count). The van der Waals surface area contributed by atoms with E-state index in [-0.39, 0.29) is 0 Å². The Hall–Kier alpha value is -1.09. The molecule has 0 bridgehead atoms. The first kappa shape index (κ1) is 10.4. The van der Waals surface area contributed by atoms with E-state index in [4.69, 9.17) is 5.73 Å². The number of rotatable bonds is 3. The average molecular weight is 205 g/mol. The van der Waals surface area contributed by atoms with Crippen LogP contribution in [0.15, 0.2) is 18.3 Å². The maximum atomic E-state index is 5.78. The molecular weight excluding hydrogens is 186 g/mol. The lowest BCUT2D eigenvalue weighted by Crippen LogP contribution is -2.41. The van der Waals surface area contributed by atoms with Crippen molar-refractivity contribution in [1.82, 2.24) is 4.98 Å². The summed E-state index contributed by atoms with van der Waals surface area (Å²) in [5.74, 6) is 0.776. The monoisotopic (exact) mass is 205 g/mol. The molecule has 0 saturated heterocycles. The third kappa shape index (κ3) is 2.48. The third-order valence-corrected chi connectivity index (χ3v) is 3.13. The van der Waals surface area contributed by atoms with Gasteiger partial charge in [0.2, 0.25) is 0 Å². The number of nitrogens with zero attached hydrogens (tertiary/aromatic N) is 2. The molecule has 82 valence electrons. The van der Waals surface area contributed by atoms with Gasteiger partial charge in [0, 0.05) is 37.2 Å². The molecule has 1 aliphatic carbocycles. The zero-order valence-corrected chi connectivity index (χ0v) is 9.48. The van der Waals surface area contributed by atoms with Crippen molar-refractivity contribution in [2.45, 2.75) is 25.8 Å². The van der Waals surface area contributed by atoms with E-state index in [1.807, 2.05) is 13.1 Å². The molecule has 0 radical (unpaired) electrons. The molecular formula is C12H19N3. The van der Waals surface area contributed by atoms with Crippen molar-refractivity contribution in [3.63, 3.8) is 0 Å². The van der Waals surface area contributed by atoms with Gasteiger partial charge in [0.25, 0.3) is 0 Å². The molecule has 1 aromatic heterocycles.